The highest BCUT2D eigenvalue weighted by molar-refractivity contribution is 5.63. The molecular formula is C14H14O3. The molecule has 0 saturated carbocycles. The van der Waals surface area contributed by atoms with Crippen LogP contribution in [0.2, 0.25) is 0 Å². The van der Waals surface area contributed by atoms with Gasteiger partial charge < -0.3 is 14.6 Å². The van der Waals surface area contributed by atoms with E-state index in [9.17, 15) is 5.11 Å². The molecule has 0 amide bonds. The Balaban J connectivity index is 2.55. The monoisotopic (exact) mass is 230 g/mol. The summed E-state index contributed by atoms with van der Waals surface area (Å²) in [5, 5.41) is 9.79. The zero-order valence-electron chi connectivity index (χ0n) is 9.86. The number of aliphatic hydroxyl groups is 1. The first-order valence-corrected chi connectivity index (χ1v) is 5.34. The number of terminal acetylenes is 1. The van der Waals surface area contributed by atoms with Gasteiger partial charge in [0.15, 0.2) is 11.5 Å². The van der Waals surface area contributed by atoms with Gasteiger partial charge in [0.1, 0.15) is 6.10 Å². The number of hydrogen-bond acceptors (Lipinski definition) is 3. The van der Waals surface area contributed by atoms with Gasteiger partial charge in [0.2, 0.25) is 6.79 Å². The van der Waals surface area contributed by atoms with Crippen molar-refractivity contribution < 1.29 is 14.6 Å². The second-order valence-corrected chi connectivity index (χ2v) is 4.13. The number of rotatable bonds is 2. The van der Waals surface area contributed by atoms with E-state index in [1.165, 1.54) is 0 Å². The SMILES string of the molecule is C#CC(O)c1cc2c(cc1C=C(C)C)OCO2. The molecule has 0 spiro atoms. The maximum absolute atomic E-state index is 9.79. The quantitative estimate of drug-likeness (QED) is 0.793. The Morgan fingerprint density at radius 3 is 2.65 bits per heavy atom. The second kappa shape index (κ2) is 4.52. The van der Waals surface area contributed by atoms with Crippen molar-refractivity contribution in [3.8, 4) is 23.8 Å². The van der Waals surface area contributed by atoms with Crippen molar-refractivity contribution >= 4 is 6.08 Å². The van der Waals surface area contributed by atoms with Crippen molar-refractivity contribution in [2.75, 3.05) is 6.79 Å². The Morgan fingerprint density at radius 2 is 2.06 bits per heavy atom. The molecule has 1 atom stereocenters. The first kappa shape index (κ1) is 11.6. The van der Waals surface area contributed by atoms with Crippen LogP contribution < -0.4 is 9.47 Å². The zero-order chi connectivity index (χ0) is 12.4. The van der Waals surface area contributed by atoms with Crippen LogP contribution in [-0.4, -0.2) is 11.9 Å². The summed E-state index contributed by atoms with van der Waals surface area (Å²) in [6.45, 7) is 4.17. The standard InChI is InChI=1S/C14H14O3/c1-4-12(15)11-7-14-13(16-8-17-14)6-10(11)5-9(2)3/h1,5-7,12,15H,8H2,2-3H3. The maximum atomic E-state index is 9.79. The summed E-state index contributed by atoms with van der Waals surface area (Å²) in [4.78, 5) is 0. The number of aliphatic hydroxyl groups excluding tert-OH is 1. The average molecular weight is 230 g/mol. The number of fused-ring (bicyclic) bond motifs is 1. The van der Waals surface area contributed by atoms with Crippen molar-refractivity contribution in [3.05, 3.63) is 28.8 Å². The molecule has 1 unspecified atom stereocenters. The molecule has 0 fully saturated rings. The van der Waals surface area contributed by atoms with Crippen molar-refractivity contribution in [2.24, 2.45) is 0 Å². The van der Waals surface area contributed by atoms with Crippen LogP contribution in [0.3, 0.4) is 0 Å². The van der Waals surface area contributed by atoms with Gasteiger partial charge in [-0.1, -0.05) is 17.6 Å². The van der Waals surface area contributed by atoms with E-state index in [0.29, 0.717) is 17.1 Å². The molecule has 0 saturated heterocycles. The molecule has 0 bridgehead atoms. The third-order valence-electron chi connectivity index (χ3n) is 2.47. The predicted octanol–water partition coefficient (Wildman–Crippen LogP) is 2.51. The average Bonchev–Trinajstić information content (AvgIpc) is 2.73. The van der Waals surface area contributed by atoms with E-state index in [2.05, 4.69) is 5.92 Å². The molecule has 0 radical (unpaired) electrons. The molecule has 17 heavy (non-hydrogen) atoms. The molecule has 1 aliphatic rings. The van der Waals surface area contributed by atoms with Crippen molar-refractivity contribution in [1.82, 2.24) is 0 Å². The van der Waals surface area contributed by atoms with Gasteiger partial charge in [-0.2, -0.15) is 0 Å². The van der Waals surface area contributed by atoms with Crippen molar-refractivity contribution in [3.63, 3.8) is 0 Å². The van der Waals surface area contributed by atoms with E-state index in [1.807, 2.05) is 26.0 Å². The molecule has 2 rings (SSSR count). The first-order valence-electron chi connectivity index (χ1n) is 5.34. The number of allylic oxidation sites excluding steroid dienone is 1. The van der Waals surface area contributed by atoms with E-state index in [1.54, 1.807) is 6.07 Å². The van der Waals surface area contributed by atoms with Gasteiger partial charge in [0.05, 0.1) is 0 Å². The van der Waals surface area contributed by atoms with Crippen LogP contribution in [0.1, 0.15) is 31.1 Å². The van der Waals surface area contributed by atoms with E-state index in [-0.39, 0.29) is 6.79 Å². The summed E-state index contributed by atoms with van der Waals surface area (Å²) in [6.07, 6.45) is 6.28. The van der Waals surface area contributed by atoms with Gasteiger partial charge in [-0.3, -0.25) is 0 Å². The Morgan fingerprint density at radius 1 is 1.41 bits per heavy atom. The van der Waals surface area contributed by atoms with Crippen LogP contribution in [0.5, 0.6) is 11.5 Å². The van der Waals surface area contributed by atoms with Crippen LogP contribution >= 0.6 is 0 Å². The van der Waals surface area contributed by atoms with Gasteiger partial charge in [-0.15, -0.1) is 6.42 Å². The van der Waals surface area contributed by atoms with E-state index in [4.69, 9.17) is 15.9 Å². The Bertz CT molecular complexity index is 505. The van der Waals surface area contributed by atoms with E-state index >= 15 is 0 Å². The van der Waals surface area contributed by atoms with Crippen LogP contribution in [0.4, 0.5) is 0 Å². The fourth-order valence-electron chi connectivity index (χ4n) is 1.74. The Kier molecular flexibility index (Phi) is 3.08. The van der Waals surface area contributed by atoms with Crippen molar-refractivity contribution in [1.29, 1.82) is 0 Å². The van der Waals surface area contributed by atoms with Gasteiger partial charge in [0.25, 0.3) is 0 Å². The molecular weight excluding hydrogens is 216 g/mol. The fraction of sp³-hybridized carbons (Fsp3) is 0.286. The topological polar surface area (TPSA) is 38.7 Å². The number of hydrogen-bond donors (Lipinski definition) is 1. The summed E-state index contributed by atoms with van der Waals surface area (Å²) >= 11 is 0. The summed E-state index contributed by atoms with van der Waals surface area (Å²) < 4.78 is 10.6. The third-order valence-corrected chi connectivity index (χ3v) is 2.47. The molecule has 88 valence electrons. The minimum absolute atomic E-state index is 0.208. The summed E-state index contributed by atoms with van der Waals surface area (Å²) in [5.74, 6) is 3.63. The zero-order valence-corrected chi connectivity index (χ0v) is 9.86. The van der Waals surface area contributed by atoms with Gasteiger partial charge in [-0.05, 0) is 31.5 Å². The molecule has 1 aromatic rings. The molecule has 1 aliphatic heterocycles. The van der Waals surface area contributed by atoms with Crippen LogP contribution in [0.15, 0.2) is 17.7 Å². The Labute approximate surface area is 101 Å². The summed E-state index contributed by atoms with van der Waals surface area (Å²) in [6, 6.07) is 3.58. The minimum Gasteiger partial charge on any atom is -0.454 e. The lowest BCUT2D eigenvalue weighted by Gasteiger charge is -2.10. The molecule has 1 aromatic carbocycles. The highest BCUT2D eigenvalue weighted by atomic mass is 16.7. The largest absolute Gasteiger partial charge is 0.454 e. The lowest BCUT2D eigenvalue weighted by atomic mass is 10.00. The fourth-order valence-corrected chi connectivity index (χ4v) is 1.74. The first-order chi connectivity index (χ1) is 8.11. The van der Waals surface area contributed by atoms with Crippen LogP contribution in [-0.2, 0) is 0 Å². The highest BCUT2D eigenvalue weighted by Gasteiger charge is 2.19. The normalized spacial score (nSPS) is 14.0. The Hall–Kier alpha value is -1.92. The molecule has 1 heterocycles. The van der Waals surface area contributed by atoms with Crippen LogP contribution in [0, 0.1) is 12.3 Å². The molecule has 0 aliphatic carbocycles. The molecule has 3 nitrogen and oxygen atoms in total. The van der Waals surface area contributed by atoms with Gasteiger partial charge in [0, 0.05) is 5.56 Å². The maximum Gasteiger partial charge on any atom is 0.231 e. The third kappa shape index (κ3) is 2.27. The van der Waals surface area contributed by atoms with Crippen LogP contribution in [0.25, 0.3) is 6.08 Å². The smallest absolute Gasteiger partial charge is 0.231 e. The van der Waals surface area contributed by atoms with E-state index in [0.717, 1.165) is 11.1 Å². The minimum atomic E-state index is -0.935. The molecule has 0 aromatic heterocycles. The van der Waals surface area contributed by atoms with E-state index < -0.39 is 6.10 Å². The molecule has 1 N–H and O–H groups in total. The second-order valence-electron chi connectivity index (χ2n) is 4.13. The highest BCUT2D eigenvalue weighted by Crippen LogP contribution is 2.37. The lowest BCUT2D eigenvalue weighted by molar-refractivity contribution is 0.173. The number of ether oxygens (including phenoxy) is 2. The van der Waals surface area contributed by atoms with Crippen molar-refractivity contribution in [2.45, 2.75) is 20.0 Å². The predicted molar refractivity (Wildman–Crippen MR) is 65.7 cm³/mol. The summed E-state index contributed by atoms with van der Waals surface area (Å²) in [7, 11) is 0. The molecule has 3 heteroatoms. The van der Waals surface area contributed by atoms with Gasteiger partial charge in [-0.25, -0.2) is 0 Å². The number of benzene rings is 1. The lowest BCUT2D eigenvalue weighted by Crippen LogP contribution is -1.97. The summed E-state index contributed by atoms with van der Waals surface area (Å²) in [5.41, 5.74) is 2.65. The van der Waals surface area contributed by atoms with Gasteiger partial charge >= 0.3 is 0 Å².